The van der Waals surface area contributed by atoms with Crippen LogP contribution in [0.15, 0.2) is 115 Å². The number of benzene rings is 5. The summed E-state index contributed by atoms with van der Waals surface area (Å²) < 4.78 is 0. The largest absolute Gasteiger partial charge is 0.296 e. The van der Waals surface area contributed by atoms with E-state index < -0.39 is 0 Å². The van der Waals surface area contributed by atoms with Crippen molar-refractivity contribution in [1.82, 2.24) is 4.98 Å². The van der Waals surface area contributed by atoms with E-state index in [4.69, 9.17) is 4.98 Å². The fourth-order valence-corrected chi connectivity index (χ4v) is 6.09. The van der Waals surface area contributed by atoms with Gasteiger partial charge in [0.05, 0.1) is 5.52 Å². The maximum atomic E-state index is 5.22. The van der Waals surface area contributed by atoms with Gasteiger partial charge in [0.1, 0.15) is 0 Å². The van der Waals surface area contributed by atoms with Crippen LogP contribution >= 0.6 is 0 Å². The number of pyridine rings is 1. The summed E-state index contributed by atoms with van der Waals surface area (Å²) in [7, 11) is 0. The second-order valence-electron chi connectivity index (χ2n) is 10.8. The molecule has 5 aromatic carbocycles. The van der Waals surface area contributed by atoms with Crippen LogP contribution in [0.3, 0.4) is 0 Å². The van der Waals surface area contributed by atoms with Crippen LogP contribution in [0.1, 0.15) is 30.5 Å². The second-order valence-corrected chi connectivity index (χ2v) is 10.8. The molecule has 0 bridgehead atoms. The molecular formula is C37H28IrN-. The van der Waals surface area contributed by atoms with E-state index in [1.165, 1.54) is 55.5 Å². The van der Waals surface area contributed by atoms with Crippen molar-refractivity contribution in [2.45, 2.75) is 26.2 Å². The van der Waals surface area contributed by atoms with Crippen molar-refractivity contribution in [2.75, 3.05) is 0 Å². The molecule has 0 atom stereocenters. The van der Waals surface area contributed by atoms with E-state index in [0.29, 0.717) is 0 Å². The summed E-state index contributed by atoms with van der Waals surface area (Å²) in [4.78, 5) is 5.22. The molecule has 0 spiro atoms. The monoisotopic (exact) mass is 679 g/mol. The van der Waals surface area contributed by atoms with Gasteiger partial charge in [0.2, 0.25) is 0 Å². The third-order valence-corrected chi connectivity index (χ3v) is 8.12. The fraction of sp³-hybridized carbons (Fsp3) is 0.108. The molecule has 0 saturated heterocycles. The maximum Gasteiger partial charge on any atom is 0.0604 e. The Labute approximate surface area is 243 Å². The van der Waals surface area contributed by atoms with E-state index in [0.717, 1.165) is 16.8 Å². The van der Waals surface area contributed by atoms with Crippen LogP contribution in [0, 0.1) is 13.0 Å². The molecule has 1 radical (unpaired) electrons. The molecule has 191 valence electrons. The van der Waals surface area contributed by atoms with Crippen molar-refractivity contribution >= 4 is 10.9 Å². The van der Waals surface area contributed by atoms with E-state index in [-0.39, 0.29) is 25.5 Å². The normalized spacial score (nSPS) is 13.0. The maximum absolute atomic E-state index is 5.22. The molecule has 1 heterocycles. The van der Waals surface area contributed by atoms with Crippen LogP contribution in [0.4, 0.5) is 0 Å². The Balaban J connectivity index is 0.00000277. The molecule has 1 aliphatic rings. The summed E-state index contributed by atoms with van der Waals surface area (Å²) in [5.74, 6) is 0. The van der Waals surface area contributed by atoms with Crippen molar-refractivity contribution in [3.05, 3.63) is 138 Å². The molecule has 6 aromatic rings. The molecular weight excluding hydrogens is 651 g/mol. The average molecular weight is 679 g/mol. The van der Waals surface area contributed by atoms with E-state index in [9.17, 15) is 0 Å². The Morgan fingerprint density at radius 1 is 0.615 bits per heavy atom. The molecule has 1 aromatic heterocycles. The van der Waals surface area contributed by atoms with Crippen LogP contribution < -0.4 is 0 Å². The van der Waals surface area contributed by atoms with Gasteiger partial charge in [-0.15, -0.1) is 29.3 Å². The van der Waals surface area contributed by atoms with Gasteiger partial charge < -0.3 is 0 Å². The molecule has 0 aliphatic heterocycles. The molecule has 0 saturated carbocycles. The van der Waals surface area contributed by atoms with E-state index >= 15 is 0 Å². The predicted molar refractivity (Wildman–Crippen MR) is 159 cm³/mol. The Hall–Kier alpha value is -3.84. The van der Waals surface area contributed by atoms with Crippen molar-refractivity contribution in [1.29, 1.82) is 0 Å². The van der Waals surface area contributed by atoms with Crippen molar-refractivity contribution < 1.29 is 20.1 Å². The van der Waals surface area contributed by atoms with Crippen LogP contribution in [0.5, 0.6) is 0 Å². The summed E-state index contributed by atoms with van der Waals surface area (Å²) in [5.41, 5.74) is 14.3. The Kier molecular flexibility index (Phi) is 6.34. The molecule has 1 aliphatic carbocycles. The number of rotatable bonds is 3. The number of nitrogens with zero attached hydrogens (tertiary/aromatic N) is 1. The van der Waals surface area contributed by atoms with Crippen LogP contribution in [0.2, 0.25) is 0 Å². The zero-order valence-corrected chi connectivity index (χ0v) is 24.6. The van der Waals surface area contributed by atoms with Crippen molar-refractivity contribution in [2.24, 2.45) is 0 Å². The summed E-state index contributed by atoms with van der Waals surface area (Å²) in [5, 5.41) is 1.17. The summed E-state index contributed by atoms with van der Waals surface area (Å²) in [6.45, 7) is 6.82. The van der Waals surface area contributed by atoms with E-state index in [1.54, 1.807) is 0 Å². The summed E-state index contributed by atoms with van der Waals surface area (Å²) in [6.07, 6.45) is 0. The van der Waals surface area contributed by atoms with E-state index in [1.807, 2.05) is 0 Å². The average Bonchev–Trinajstić information content (AvgIpc) is 3.19. The van der Waals surface area contributed by atoms with Gasteiger partial charge in [-0.25, -0.2) is 0 Å². The van der Waals surface area contributed by atoms with E-state index in [2.05, 4.69) is 142 Å². The Morgan fingerprint density at radius 3 is 1.97 bits per heavy atom. The minimum absolute atomic E-state index is 0. The minimum Gasteiger partial charge on any atom is -0.296 e. The van der Waals surface area contributed by atoms with Gasteiger partial charge in [-0.2, -0.15) is 0 Å². The number of aryl methyl sites for hydroxylation is 1. The number of hydrogen-bond acceptors (Lipinski definition) is 1. The Bertz CT molecular complexity index is 1840. The minimum atomic E-state index is -0.0595. The Morgan fingerprint density at radius 2 is 1.26 bits per heavy atom. The molecule has 0 N–H and O–H groups in total. The fourth-order valence-electron chi connectivity index (χ4n) is 6.09. The quantitative estimate of drug-likeness (QED) is 0.170. The molecule has 7 rings (SSSR count). The van der Waals surface area contributed by atoms with Gasteiger partial charge in [0.25, 0.3) is 0 Å². The third kappa shape index (κ3) is 4.16. The number of hydrogen-bond donors (Lipinski definition) is 0. The number of fused-ring (bicyclic) bond motifs is 4. The molecule has 0 amide bonds. The first kappa shape index (κ1) is 25.4. The third-order valence-electron chi connectivity index (χ3n) is 8.12. The van der Waals surface area contributed by atoms with Gasteiger partial charge in [0, 0.05) is 25.5 Å². The molecule has 2 heteroatoms. The summed E-state index contributed by atoms with van der Waals surface area (Å²) >= 11 is 0. The second kappa shape index (κ2) is 9.72. The topological polar surface area (TPSA) is 12.9 Å². The predicted octanol–water partition coefficient (Wildman–Crippen LogP) is 9.65. The van der Waals surface area contributed by atoms with Gasteiger partial charge in [0.15, 0.2) is 0 Å². The van der Waals surface area contributed by atoms with Gasteiger partial charge in [-0.05, 0) is 63.5 Å². The first-order chi connectivity index (χ1) is 18.5. The standard InChI is InChI=1S/C37H28N.Ir/c1-24-20-36-32(22-30(24)25-12-6-4-7-13-25)31(26-14-8-5-9-15-26)23-35(38-36)27-18-19-29-28-16-10-11-17-33(28)37(2,3)34(29)21-27;/h4-17,19-23H,1-3H3;/q-1;. The van der Waals surface area contributed by atoms with Crippen LogP contribution in [0.25, 0.3) is 55.5 Å². The van der Waals surface area contributed by atoms with Crippen LogP contribution in [-0.2, 0) is 25.5 Å². The first-order valence-electron chi connectivity index (χ1n) is 13.2. The first-order valence-corrected chi connectivity index (χ1v) is 13.2. The smallest absolute Gasteiger partial charge is 0.0604 e. The summed E-state index contributed by atoms with van der Waals surface area (Å²) in [6, 6.07) is 44.9. The zero-order valence-electron chi connectivity index (χ0n) is 22.3. The zero-order chi connectivity index (χ0) is 25.9. The number of aromatic nitrogens is 1. The molecule has 39 heavy (non-hydrogen) atoms. The van der Waals surface area contributed by atoms with Crippen molar-refractivity contribution in [3.63, 3.8) is 0 Å². The van der Waals surface area contributed by atoms with Crippen LogP contribution in [-0.4, -0.2) is 4.98 Å². The molecule has 0 unspecified atom stereocenters. The van der Waals surface area contributed by atoms with Gasteiger partial charge in [-0.1, -0.05) is 116 Å². The van der Waals surface area contributed by atoms with Gasteiger partial charge >= 0.3 is 0 Å². The van der Waals surface area contributed by atoms with Crippen molar-refractivity contribution in [3.8, 4) is 44.6 Å². The molecule has 0 fully saturated rings. The van der Waals surface area contributed by atoms with Gasteiger partial charge in [-0.3, -0.25) is 4.98 Å². The molecule has 1 nitrogen and oxygen atoms in total. The SMILES string of the molecule is Cc1cc2nc(-c3[c-]cc4c(c3)C(C)(C)c3ccccc3-4)cc(-c3ccccc3)c2cc1-c1ccccc1.[Ir].